The Morgan fingerprint density at radius 3 is 2.86 bits per heavy atom. The van der Waals surface area contributed by atoms with Crippen LogP contribution in [0.1, 0.15) is 17.4 Å². The first-order valence-corrected chi connectivity index (χ1v) is 7.04. The maximum Gasteiger partial charge on any atom is 0.358 e. The van der Waals surface area contributed by atoms with Crippen molar-refractivity contribution < 1.29 is 19.0 Å². The minimum atomic E-state index is -0.679. The van der Waals surface area contributed by atoms with E-state index in [1.54, 1.807) is 0 Å². The number of carbonyl (C=O) groups excluding carboxylic acids is 1. The van der Waals surface area contributed by atoms with Gasteiger partial charge in [0.15, 0.2) is 11.5 Å². The van der Waals surface area contributed by atoms with Gasteiger partial charge in [-0.05, 0) is 18.5 Å². The number of epoxide rings is 1. The van der Waals surface area contributed by atoms with E-state index >= 15 is 0 Å². The molecular weight excluding hydrogens is 321 g/mol. The van der Waals surface area contributed by atoms with Gasteiger partial charge >= 0.3 is 5.97 Å². The molecule has 1 fully saturated rings. The van der Waals surface area contributed by atoms with Gasteiger partial charge in [-0.3, -0.25) is 0 Å². The Bertz CT molecular complexity index is 525. The number of ether oxygens (including phenoxy) is 3. The lowest BCUT2D eigenvalue weighted by Crippen LogP contribution is -2.24. The zero-order valence-electron chi connectivity index (χ0n) is 11.6. The molecule has 1 aliphatic heterocycles. The van der Waals surface area contributed by atoms with Gasteiger partial charge in [0.1, 0.15) is 11.1 Å². The van der Waals surface area contributed by atoms with E-state index in [2.05, 4.69) is 20.0 Å². The van der Waals surface area contributed by atoms with Crippen LogP contribution in [-0.2, 0) is 14.2 Å². The number of esters is 1. The molecule has 1 aliphatic rings. The van der Waals surface area contributed by atoms with E-state index < -0.39 is 5.97 Å². The van der Waals surface area contributed by atoms with Crippen molar-refractivity contribution in [3.05, 3.63) is 16.0 Å². The number of anilines is 1. The molecule has 116 valence electrons. The second-order valence-corrected chi connectivity index (χ2v) is 5.25. The molecule has 21 heavy (non-hydrogen) atoms. The quantitative estimate of drug-likeness (QED) is 0.461. The molecule has 1 N–H and O–H groups in total. The monoisotopic (exact) mass is 335 g/mol. The predicted molar refractivity (Wildman–Crippen MR) is 77.0 cm³/mol. The molecule has 1 saturated heterocycles. The molecule has 2 heterocycles. The molecule has 0 bridgehead atoms. The third-order valence-corrected chi connectivity index (χ3v) is 3.19. The lowest BCUT2D eigenvalue weighted by atomic mass is 10.3. The largest absolute Gasteiger partial charge is 0.464 e. The van der Waals surface area contributed by atoms with Gasteiger partial charge < -0.3 is 19.5 Å². The molecule has 0 spiro atoms. The van der Waals surface area contributed by atoms with Gasteiger partial charge in [0.25, 0.3) is 0 Å². The van der Waals surface area contributed by atoms with Crippen LogP contribution in [0.2, 0.25) is 10.3 Å². The van der Waals surface area contributed by atoms with Crippen LogP contribution in [0.5, 0.6) is 0 Å². The normalized spacial score (nSPS) is 18.2. The molecule has 0 unspecified atom stereocenters. The fourth-order valence-electron chi connectivity index (χ4n) is 1.56. The molecule has 0 aliphatic carbocycles. The highest BCUT2D eigenvalue weighted by molar-refractivity contribution is 6.36. The minimum Gasteiger partial charge on any atom is -0.464 e. The Kier molecular flexibility index (Phi) is 5.58. The summed E-state index contributed by atoms with van der Waals surface area (Å²) in [5.41, 5.74) is -0.0823. The Hall–Kier alpha value is -1.15. The van der Waals surface area contributed by atoms with E-state index in [4.69, 9.17) is 32.7 Å². The fraction of sp³-hybridized carbons (Fsp3) is 0.583. The Labute approximate surface area is 131 Å². The van der Waals surface area contributed by atoms with E-state index in [9.17, 15) is 4.79 Å². The van der Waals surface area contributed by atoms with Crippen LogP contribution in [0.25, 0.3) is 0 Å². The highest BCUT2D eigenvalue weighted by Crippen LogP contribution is 2.25. The van der Waals surface area contributed by atoms with Crippen LogP contribution in [0.4, 0.5) is 5.82 Å². The lowest BCUT2D eigenvalue weighted by molar-refractivity contribution is 0.0594. The molecule has 2 atom stereocenters. The Morgan fingerprint density at radius 2 is 2.24 bits per heavy atom. The summed E-state index contributed by atoms with van der Waals surface area (Å²) in [5.74, 6) is -0.419. The van der Waals surface area contributed by atoms with Gasteiger partial charge in [-0.1, -0.05) is 11.6 Å². The van der Waals surface area contributed by atoms with Crippen LogP contribution in [0, 0.1) is 0 Å². The van der Waals surface area contributed by atoms with Crippen molar-refractivity contribution in [2.45, 2.75) is 19.1 Å². The zero-order valence-corrected chi connectivity index (χ0v) is 13.1. The van der Waals surface area contributed by atoms with Gasteiger partial charge in [-0.2, -0.15) is 4.98 Å². The number of halogens is 2. The van der Waals surface area contributed by atoms with Gasteiger partial charge in [-0.25, -0.2) is 9.78 Å². The predicted octanol–water partition coefficient (Wildman–Crippen LogP) is 1.79. The number of methoxy groups -OCH3 is 1. The Balaban J connectivity index is 2.00. The molecule has 2 rings (SSSR count). The second kappa shape index (κ2) is 7.22. The molecular formula is C12H15Cl2N3O4. The van der Waals surface area contributed by atoms with Crippen molar-refractivity contribution in [3.63, 3.8) is 0 Å². The lowest BCUT2D eigenvalue weighted by Gasteiger charge is -2.16. The molecule has 1 aromatic rings. The number of carbonyl (C=O) groups is 1. The Morgan fingerprint density at radius 1 is 1.52 bits per heavy atom. The van der Waals surface area contributed by atoms with E-state index in [1.165, 1.54) is 7.11 Å². The van der Waals surface area contributed by atoms with Crippen molar-refractivity contribution in [2.24, 2.45) is 0 Å². The fourth-order valence-corrected chi connectivity index (χ4v) is 1.95. The molecule has 0 saturated carbocycles. The summed E-state index contributed by atoms with van der Waals surface area (Å²) >= 11 is 11.9. The zero-order chi connectivity index (χ0) is 15.4. The number of nitrogens with zero attached hydrogens (tertiary/aromatic N) is 2. The maximum atomic E-state index is 11.6. The van der Waals surface area contributed by atoms with Gasteiger partial charge in [0, 0.05) is 6.04 Å². The number of nitrogens with one attached hydrogen (secondary N) is 1. The van der Waals surface area contributed by atoms with Crippen LogP contribution in [0.3, 0.4) is 0 Å². The molecule has 9 heteroatoms. The summed E-state index contributed by atoms with van der Waals surface area (Å²) in [6.45, 7) is 3.62. The van der Waals surface area contributed by atoms with Gasteiger partial charge in [0.05, 0.1) is 26.9 Å². The summed E-state index contributed by atoms with van der Waals surface area (Å²) in [6.07, 6.45) is 0.209. The first kappa shape index (κ1) is 16.2. The number of hydrogen-bond acceptors (Lipinski definition) is 7. The number of rotatable bonds is 7. The van der Waals surface area contributed by atoms with E-state index in [1.807, 2.05) is 6.92 Å². The first-order valence-electron chi connectivity index (χ1n) is 6.28. The summed E-state index contributed by atoms with van der Waals surface area (Å²) < 4.78 is 15.1. The average Bonchev–Trinajstić information content (AvgIpc) is 3.25. The molecule has 0 amide bonds. The first-order chi connectivity index (χ1) is 10.0. The molecule has 1 aromatic heterocycles. The minimum absolute atomic E-state index is 0.0589. The topological polar surface area (TPSA) is 85.9 Å². The van der Waals surface area contributed by atoms with E-state index in [0.29, 0.717) is 13.2 Å². The highest BCUT2D eigenvalue weighted by atomic mass is 35.5. The summed E-state index contributed by atoms with van der Waals surface area (Å²) in [7, 11) is 1.23. The van der Waals surface area contributed by atoms with E-state index in [0.717, 1.165) is 6.61 Å². The third-order valence-electron chi connectivity index (χ3n) is 2.66. The van der Waals surface area contributed by atoms with Crippen LogP contribution < -0.4 is 5.32 Å². The molecule has 0 aromatic carbocycles. The highest BCUT2D eigenvalue weighted by Gasteiger charge is 2.23. The second-order valence-electron chi connectivity index (χ2n) is 4.53. The van der Waals surface area contributed by atoms with Crippen molar-refractivity contribution in [1.82, 2.24) is 9.97 Å². The summed E-state index contributed by atoms with van der Waals surface area (Å²) in [4.78, 5) is 19.3. The summed E-state index contributed by atoms with van der Waals surface area (Å²) in [6, 6.07) is -0.0855. The van der Waals surface area contributed by atoms with Crippen molar-refractivity contribution in [3.8, 4) is 0 Å². The van der Waals surface area contributed by atoms with Crippen LogP contribution in [-0.4, -0.2) is 55.0 Å². The van der Waals surface area contributed by atoms with Gasteiger partial charge in [-0.15, -0.1) is 0 Å². The van der Waals surface area contributed by atoms with Crippen LogP contribution in [0.15, 0.2) is 0 Å². The number of aromatic nitrogens is 2. The van der Waals surface area contributed by atoms with Crippen LogP contribution >= 0.6 is 23.2 Å². The third kappa shape index (κ3) is 4.67. The van der Waals surface area contributed by atoms with Crippen molar-refractivity contribution in [1.29, 1.82) is 0 Å². The van der Waals surface area contributed by atoms with Crippen molar-refractivity contribution >= 4 is 35.0 Å². The number of hydrogen-bond donors (Lipinski definition) is 1. The average molecular weight is 336 g/mol. The van der Waals surface area contributed by atoms with Gasteiger partial charge in [0.2, 0.25) is 5.28 Å². The van der Waals surface area contributed by atoms with Crippen molar-refractivity contribution in [2.75, 3.05) is 32.2 Å². The molecule has 0 radical (unpaired) electrons. The van der Waals surface area contributed by atoms with E-state index in [-0.39, 0.29) is 34.0 Å². The maximum absolute atomic E-state index is 11.6. The standard InChI is InChI=1S/C12H15Cl2N3O4/c1-6(3-20-4-7-5-21-7)15-10-8(13)9(11(18)19-2)16-12(14)17-10/h6-7H,3-5H2,1-2H3,(H,15,16,17)/t6-,7+/m1/s1. The summed E-state index contributed by atoms with van der Waals surface area (Å²) in [5, 5.41) is 2.99. The smallest absolute Gasteiger partial charge is 0.358 e. The molecule has 7 nitrogen and oxygen atoms in total. The SMILES string of the molecule is COC(=O)c1nc(Cl)nc(N[C@H](C)COC[C@H]2CO2)c1Cl.